The van der Waals surface area contributed by atoms with E-state index in [1.807, 2.05) is 117 Å². The summed E-state index contributed by atoms with van der Waals surface area (Å²) < 4.78 is 37.9. The summed E-state index contributed by atoms with van der Waals surface area (Å²) >= 11 is 0. The Balaban J connectivity index is 0.000000248. The van der Waals surface area contributed by atoms with Gasteiger partial charge in [-0.15, -0.1) is 0 Å². The van der Waals surface area contributed by atoms with Crippen LogP contribution >= 0.6 is 0 Å². The summed E-state index contributed by atoms with van der Waals surface area (Å²) in [5.74, 6) is 1.60. The quantitative estimate of drug-likeness (QED) is 0.0878. The van der Waals surface area contributed by atoms with Crippen molar-refractivity contribution < 1.29 is 52.3 Å². The Morgan fingerprint density at radius 2 is 0.912 bits per heavy atom. The van der Waals surface area contributed by atoms with Gasteiger partial charge in [0.1, 0.15) is 45.1 Å². The molecule has 4 saturated carbocycles. The number of carbonyl (C=O) groups excluding carboxylic acids is 4. The maximum Gasteiger partial charge on any atom is 0.514 e. The second kappa shape index (κ2) is 23.3. The van der Waals surface area contributed by atoms with Crippen LogP contribution in [0.3, 0.4) is 0 Å². The van der Waals surface area contributed by atoms with E-state index in [0.717, 1.165) is 54.5 Å². The van der Waals surface area contributed by atoms with Crippen molar-refractivity contribution in [2.24, 2.45) is 11.8 Å². The number of esters is 2. The third-order valence-electron chi connectivity index (χ3n) is 10.3. The van der Waals surface area contributed by atoms with Gasteiger partial charge in [0.25, 0.3) is 0 Å². The van der Waals surface area contributed by atoms with Gasteiger partial charge in [0.2, 0.25) is 0 Å². The molecule has 0 heterocycles. The molecule has 4 bridgehead atoms. The molecule has 3 aromatic carbocycles. The minimum absolute atomic E-state index is 0.129. The van der Waals surface area contributed by atoms with E-state index < -0.39 is 40.3 Å². The molecule has 4 aliphatic carbocycles. The highest BCUT2D eigenvalue weighted by molar-refractivity contribution is 5.90. The Kier molecular flexibility index (Phi) is 19.2. The molecule has 2 atom stereocenters. The summed E-state index contributed by atoms with van der Waals surface area (Å²) in [5, 5.41) is 0. The first-order valence-corrected chi connectivity index (χ1v) is 23.2. The predicted octanol–water partition coefficient (Wildman–Crippen LogP) is 14.6. The summed E-state index contributed by atoms with van der Waals surface area (Å²) in [5.41, 5.74) is 1.28. The maximum absolute atomic E-state index is 12.2. The summed E-state index contributed by atoms with van der Waals surface area (Å²) in [7, 11) is 0. The van der Waals surface area contributed by atoms with E-state index in [-0.39, 0.29) is 17.5 Å². The minimum Gasteiger partial charge on any atom is -0.488 e. The molecule has 2 unspecified atom stereocenters. The molecule has 0 aromatic heterocycles. The molecule has 7 rings (SSSR count). The topological polar surface area (TPSA) is 133 Å². The normalized spacial score (nSPS) is 20.1. The van der Waals surface area contributed by atoms with Crippen LogP contribution in [-0.4, -0.2) is 57.9 Å². The highest BCUT2D eigenvalue weighted by Crippen LogP contribution is 2.60. The molecule has 4 fully saturated rings. The molecule has 370 valence electrons. The molecular weight excluding hydrogens is 861 g/mol. The van der Waals surface area contributed by atoms with Gasteiger partial charge in [-0.25, -0.2) is 19.2 Å². The van der Waals surface area contributed by atoms with Gasteiger partial charge in [-0.2, -0.15) is 0 Å². The van der Waals surface area contributed by atoms with Crippen molar-refractivity contribution in [3.05, 3.63) is 127 Å². The van der Waals surface area contributed by atoms with Crippen molar-refractivity contribution >= 4 is 42.5 Å². The van der Waals surface area contributed by atoms with Crippen molar-refractivity contribution in [2.75, 3.05) is 0 Å². The lowest BCUT2D eigenvalue weighted by Gasteiger charge is -2.59. The second-order valence-electron chi connectivity index (χ2n) is 21.7. The van der Waals surface area contributed by atoms with Crippen LogP contribution in [0.1, 0.15) is 156 Å². The predicted molar refractivity (Wildman–Crippen MR) is 270 cm³/mol. The fraction of sp³-hybridized carbons (Fsp3) is 0.474. The van der Waals surface area contributed by atoms with Crippen LogP contribution in [0.15, 0.2) is 105 Å². The van der Waals surface area contributed by atoms with Crippen LogP contribution in [0.25, 0.3) is 18.2 Å². The van der Waals surface area contributed by atoms with E-state index in [1.165, 1.54) is 0 Å². The van der Waals surface area contributed by atoms with E-state index >= 15 is 0 Å². The molecule has 0 saturated heterocycles. The van der Waals surface area contributed by atoms with Gasteiger partial charge in [-0.3, -0.25) is 0 Å². The van der Waals surface area contributed by atoms with E-state index in [9.17, 15) is 19.2 Å². The SMILES string of the molecule is C=C(C)C(=O)OC12CC3CC(CC(OC(=O)OC(C)(C)C)(C3)C1)C2.C=Cc1ccc(C(=O)OC(C)(C)C)cc1.C=Cc1ccc(OC(=O)OC(C)(C)C)cc1.C=Cc1ccc(OC(C)(C)C)cc1. The van der Waals surface area contributed by atoms with Crippen LogP contribution < -0.4 is 9.47 Å². The third kappa shape index (κ3) is 20.0. The number of benzene rings is 3. The smallest absolute Gasteiger partial charge is 0.488 e. The Morgan fingerprint density at radius 3 is 1.29 bits per heavy atom. The van der Waals surface area contributed by atoms with Crippen LogP contribution in [0.2, 0.25) is 0 Å². The summed E-state index contributed by atoms with van der Waals surface area (Å²) in [6.45, 7) is 38.8. The Labute approximate surface area is 405 Å². The summed E-state index contributed by atoms with van der Waals surface area (Å²) in [6.07, 6.45) is 9.08. The monoisotopic (exact) mass is 937 g/mol. The van der Waals surface area contributed by atoms with Crippen LogP contribution in [0.5, 0.6) is 11.5 Å². The number of ether oxygens (including phenoxy) is 7. The Bertz CT molecular complexity index is 2190. The van der Waals surface area contributed by atoms with Gasteiger partial charge in [0.05, 0.1) is 5.56 Å². The van der Waals surface area contributed by atoms with Gasteiger partial charge in [-0.05, 0) is 187 Å². The zero-order valence-electron chi connectivity index (χ0n) is 42.9. The minimum atomic E-state index is -0.696. The molecule has 0 N–H and O–H groups in total. The summed E-state index contributed by atoms with van der Waals surface area (Å²) in [6, 6.07) is 22.1. The average Bonchev–Trinajstić information content (AvgIpc) is 3.18. The highest BCUT2D eigenvalue weighted by Gasteiger charge is 2.62. The molecular formula is C57H76O11. The summed E-state index contributed by atoms with van der Waals surface area (Å²) in [4.78, 5) is 47.2. The van der Waals surface area contributed by atoms with E-state index in [1.54, 1.807) is 64.1 Å². The maximum atomic E-state index is 12.2. The molecule has 0 radical (unpaired) electrons. The molecule has 11 heteroatoms. The molecule has 0 spiro atoms. The number of hydrogen-bond donors (Lipinski definition) is 0. The van der Waals surface area contributed by atoms with Crippen molar-refractivity contribution in [3.8, 4) is 11.5 Å². The van der Waals surface area contributed by atoms with Crippen molar-refractivity contribution in [2.45, 2.75) is 162 Å². The first-order valence-electron chi connectivity index (χ1n) is 23.2. The number of carbonyl (C=O) groups is 4. The molecule has 0 amide bonds. The number of hydrogen-bond acceptors (Lipinski definition) is 11. The van der Waals surface area contributed by atoms with Gasteiger partial charge < -0.3 is 33.2 Å². The van der Waals surface area contributed by atoms with Crippen LogP contribution in [0.4, 0.5) is 9.59 Å². The van der Waals surface area contributed by atoms with E-state index in [0.29, 0.717) is 35.1 Å². The Hall–Kier alpha value is -6.10. The first-order chi connectivity index (χ1) is 31.3. The lowest BCUT2D eigenvalue weighted by atomic mass is 9.52. The lowest BCUT2D eigenvalue weighted by molar-refractivity contribution is -0.222. The third-order valence-corrected chi connectivity index (χ3v) is 10.3. The highest BCUT2D eigenvalue weighted by atomic mass is 16.7. The van der Waals surface area contributed by atoms with Crippen LogP contribution in [0, 0.1) is 11.8 Å². The molecule has 3 aromatic rings. The van der Waals surface area contributed by atoms with Gasteiger partial charge in [0.15, 0.2) is 0 Å². The van der Waals surface area contributed by atoms with Gasteiger partial charge in [0, 0.05) is 12.0 Å². The second-order valence-corrected chi connectivity index (χ2v) is 21.7. The number of rotatable bonds is 9. The van der Waals surface area contributed by atoms with Crippen LogP contribution in [-0.2, 0) is 28.5 Å². The van der Waals surface area contributed by atoms with E-state index in [2.05, 4.69) is 26.3 Å². The first kappa shape index (κ1) is 56.2. The molecule has 0 aliphatic heterocycles. The Morgan fingerprint density at radius 1 is 0.529 bits per heavy atom. The van der Waals surface area contributed by atoms with Gasteiger partial charge in [-0.1, -0.05) is 80.9 Å². The molecule has 11 nitrogen and oxygen atoms in total. The van der Waals surface area contributed by atoms with Crippen molar-refractivity contribution in [1.82, 2.24) is 0 Å². The molecule has 68 heavy (non-hydrogen) atoms. The zero-order valence-corrected chi connectivity index (χ0v) is 42.9. The average molecular weight is 937 g/mol. The lowest BCUT2D eigenvalue weighted by Crippen LogP contribution is -2.62. The largest absolute Gasteiger partial charge is 0.514 e. The van der Waals surface area contributed by atoms with E-state index in [4.69, 9.17) is 33.2 Å². The zero-order chi connectivity index (χ0) is 51.3. The van der Waals surface area contributed by atoms with Crippen molar-refractivity contribution in [3.63, 3.8) is 0 Å². The fourth-order valence-corrected chi connectivity index (χ4v) is 8.22. The molecule has 4 aliphatic rings. The van der Waals surface area contributed by atoms with Gasteiger partial charge >= 0.3 is 24.2 Å². The fourth-order valence-electron chi connectivity index (χ4n) is 8.22. The standard InChI is InChI=1S/C19H28O5.C13H16O3.C13H16O2.C12H16O/c1-12(2)15(20)22-18-7-13-6-14(8-18)10-19(9-13,11-18)24-16(21)23-17(3,4)5;1-5-10-6-8-11(9-7-10)15-12(14)16-13(2,3)4;1-5-10-6-8-11(9-7-10)12(14)15-13(2,3)4;1-5-10-6-8-11(9-7-10)13-12(2,3)4/h13-14H,1,6-11H2,2-5H3;5-9H,1H2,2-4H3;5-9H,1H2,2-4H3;5-9H,1H2,2-4H3. The van der Waals surface area contributed by atoms with Crippen molar-refractivity contribution in [1.29, 1.82) is 0 Å².